The van der Waals surface area contributed by atoms with Crippen molar-refractivity contribution in [2.75, 3.05) is 0 Å². The Bertz CT molecular complexity index is 701. The quantitative estimate of drug-likeness (QED) is 0.728. The molecule has 0 amide bonds. The lowest BCUT2D eigenvalue weighted by Crippen LogP contribution is -1.90. The van der Waals surface area contributed by atoms with Gasteiger partial charge in [0.15, 0.2) is 5.82 Å². The molecule has 0 spiro atoms. The lowest BCUT2D eigenvalue weighted by Gasteiger charge is -1.99. The molecule has 0 bridgehead atoms. The number of halogens is 1. The van der Waals surface area contributed by atoms with Gasteiger partial charge in [-0.05, 0) is 24.6 Å². The fraction of sp³-hybridized carbons (Fsp3) is 0.133. The highest BCUT2D eigenvalue weighted by molar-refractivity contribution is 5.75. The molecule has 0 aliphatic carbocycles. The van der Waals surface area contributed by atoms with Crippen molar-refractivity contribution in [2.24, 2.45) is 0 Å². The van der Waals surface area contributed by atoms with Gasteiger partial charge in [-0.3, -0.25) is 0 Å². The fourth-order valence-electron chi connectivity index (χ4n) is 2.15. The average molecular weight is 240 g/mol. The van der Waals surface area contributed by atoms with Gasteiger partial charge in [-0.15, -0.1) is 0 Å². The fourth-order valence-corrected chi connectivity index (χ4v) is 2.15. The van der Waals surface area contributed by atoms with Gasteiger partial charge in [-0.2, -0.15) is 0 Å². The van der Waals surface area contributed by atoms with E-state index in [4.69, 9.17) is 0 Å². The van der Waals surface area contributed by atoms with Gasteiger partial charge in [0, 0.05) is 6.42 Å². The molecule has 90 valence electrons. The number of nitrogens with zero attached hydrogens (tertiary/aromatic N) is 1. The standard InChI is InChI=1S/C15H13FN2/c1-10-4-2-5-11(8-10)9-14-17-13-7-3-6-12(16)15(13)18-14/h2-8H,9H2,1H3,(H,17,18). The molecule has 0 fully saturated rings. The molecule has 0 aliphatic heterocycles. The van der Waals surface area contributed by atoms with Crippen molar-refractivity contribution in [3.05, 3.63) is 65.2 Å². The van der Waals surface area contributed by atoms with Crippen molar-refractivity contribution in [3.63, 3.8) is 0 Å². The number of aromatic amines is 1. The van der Waals surface area contributed by atoms with E-state index >= 15 is 0 Å². The molecule has 3 rings (SSSR count). The number of fused-ring (bicyclic) bond motifs is 1. The maximum absolute atomic E-state index is 13.5. The van der Waals surface area contributed by atoms with E-state index in [1.54, 1.807) is 6.07 Å². The molecule has 1 heterocycles. The van der Waals surface area contributed by atoms with Gasteiger partial charge in [-0.1, -0.05) is 35.9 Å². The van der Waals surface area contributed by atoms with Crippen molar-refractivity contribution < 1.29 is 4.39 Å². The average Bonchev–Trinajstić information content (AvgIpc) is 2.73. The number of benzene rings is 2. The molecule has 0 saturated carbocycles. The minimum Gasteiger partial charge on any atom is -0.342 e. The Hall–Kier alpha value is -2.16. The zero-order valence-electron chi connectivity index (χ0n) is 10.1. The zero-order valence-corrected chi connectivity index (χ0v) is 10.1. The number of aromatic nitrogens is 2. The first kappa shape index (κ1) is 11.0. The molecule has 3 heteroatoms. The second-order valence-corrected chi connectivity index (χ2v) is 4.49. The summed E-state index contributed by atoms with van der Waals surface area (Å²) < 4.78 is 13.5. The summed E-state index contributed by atoms with van der Waals surface area (Å²) in [5, 5.41) is 0. The Morgan fingerprint density at radius 2 is 2.00 bits per heavy atom. The molecule has 18 heavy (non-hydrogen) atoms. The van der Waals surface area contributed by atoms with Crippen molar-refractivity contribution >= 4 is 11.0 Å². The largest absolute Gasteiger partial charge is 0.342 e. The van der Waals surface area contributed by atoms with E-state index in [-0.39, 0.29) is 5.82 Å². The van der Waals surface area contributed by atoms with E-state index in [1.807, 2.05) is 12.1 Å². The number of nitrogens with one attached hydrogen (secondary N) is 1. The van der Waals surface area contributed by atoms with E-state index in [1.165, 1.54) is 17.2 Å². The first-order chi connectivity index (χ1) is 8.72. The Kier molecular flexibility index (Phi) is 2.59. The van der Waals surface area contributed by atoms with Gasteiger partial charge in [0.1, 0.15) is 11.3 Å². The second-order valence-electron chi connectivity index (χ2n) is 4.49. The third kappa shape index (κ3) is 1.99. The molecule has 2 nitrogen and oxygen atoms in total. The first-order valence-electron chi connectivity index (χ1n) is 5.91. The summed E-state index contributed by atoms with van der Waals surface area (Å²) in [6.07, 6.45) is 0.690. The Balaban J connectivity index is 1.98. The Morgan fingerprint density at radius 3 is 2.78 bits per heavy atom. The van der Waals surface area contributed by atoms with Crippen molar-refractivity contribution in [2.45, 2.75) is 13.3 Å². The Labute approximate surface area is 104 Å². The summed E-state index contributed by atoms with van der Waals surface area (Å²) in [5.41, 5.74) is 3.56. The number of hydrogen-bond acceptors (Lipinski definition) is 1. The molecule has 1 N–H and O–H groups in total. The number of imidazole rings is 1. The summed E-state index contributed by atoms with van der Waals surface area (Å²) in [6, 6.07) is 13.2. The molecule has 1 aromatic heterocycles. The lowest BCUT2D eigenvalue weighted by atomic mass is 10.1. The van der Waals surface area contributed by atoms with E-state index < -0.39 is 0 Å². The maximum Gasteiger partial charge on any atom is 0.151 e. The highest BCUT2D eigenvalue weighted by Crippen LogP contribution is 2.17. The monoisotopic (exact) mass is 240 g/mol. The maximum atomic E-state index is 13.5. The van der Waals surface area contributed by atoms with Crippen molar-refractivity contribution in [1.29, 1.82) is 0 Å². The first-order valence-corrected chi connectivity index (χ1v) is 5.91. The van der Waals surface area contributed by atoms with Crippen LogP contribution >= 0.6 is 0 Å². The predicted octanol–water partition coefficient (Wildman–Crippen LogP) is 3.60. The van der Waals surface area contributed by atoms with Gasteiger partial charge in [0.2, 0.25) is 0 Å². The highest BCUT2D eigenvalue weighted by atomic mass is 19.1. The van der Waals surface area contributed by atoms with Crippen molar-refractivity contribution in [1.82, 2.24) is 9.97 Å². The molecule has 0 radical (unpaired) electrons. The minimum absolute atomic E-state index is 0.278. The smallest absolute Gasteiger partial charge is 0.151 e. The SMILES string of the molecule is Cc1cccc(Cc2nc3c(F)cccc3[nH]2)c1. The van der Waals surface area contributed by atoms with Crippen LogP contribution in [0.25, 0.3) is 11.0 Å². The van der Waals surface area contributed by atoms with Crippen LogP contribution < -0.4 is 0 Å². The third-order valence-electron chi connectivity index (χ3n) is 2.97. The van der Waals surface area contributed by atoms with Crippen molar-refractivity contribution in [3.8, 4) is 0 Å². The summed E-state index contributed by atoms with van der Waals surface area (Å²) in [4.78, 5) is 7.46. The number of para-hydroxylation sites is 1. The number of aryl methyl sites for hydroxylation is 1. The second kappa shape index (κ2) is 4.26. The number of rotatable bonds is 2. The van der Waals surface area contributed by atoms with E-state index in [0.717, 1.165) is 11.3 Å². The number of hydrogen-bond donors (Lipinski definition) is 1. The van der Waals surface area contributed by atoms with E-state index in [9.17, 15) is 4.39 Å². The summed E-state index contributed by atoms with van der Waals surface area (Å²) >= 11 is 0. The molecule has 0 atom stereocenters. The van der Waals surface area contributed by atoms with Gasteiger partial charge in [-0.25, -0.2) is 9.37 Å². The van der Waals surface area contributed by atoms with Crippen LogP contribution in [0.1, 0.15) is 17.0 Å². The van der Waals surface area contributed by atoms with Crippen LogP contribution in [0.2, 0.25) is 0 Å². The van der Waals surface area contributed by atoms with Crippen LogP contribution in [0.5, 0.6) is 0 Å². The lowest BCUT2D eigenvalue weighted by molar-refractivity contribution is 0.637. The van der Waals surface area contributed by atoms with Crippen LogP contribution in [0.3, 0.4) is 0 Å². The van der Waals surface area contributed by atoms with Crippen LogP contribution in [-0.4, -0.2) is 9.97 Å². The van der Waals surface area contributed by atoms with Crippen LogP contribution in [0, 0.1) is 12.7 Å². The number of H-pyrrole nitrogens is 1. The summed E-state index contributed by atoms with van der Waals surface area (Å²) in [5.74, 6) is 0.514. The molecule has 3 aromatic rings. The van der Waals surface area contributed by atoms with Gasteiger partial charge < -0.3 is 4.98 Å². The molecular formula is C15H13FN2. The highest BCUT2D eigenvalue weighted by Gasteiger charge is 2.07. The van der Waals surface area contributed by atoms with Crippen LogP contribution in [-0.2, 0) is 6.42 Å². The molecule has 0 saturated heterocycles. The third-order valence-corrected chi connectivity index (χ3v) is 2.97. The summed E-state index contributed by atoms with van der Waals surface area (Å²) in [6.45, 7) is 2.06. The molecule has 2 aromatic carbocycles. The van der Waals surface area contributed by atoms with Gasteiger partial charge >= 0.3 is 0 Å². The zero-order chi connectivity index (χ0) is 12.5. The van der Waals surface area contributed by atoms with Crippen LogP contribution in [0.15, 0.2) is 42.5 Å². The topological polar surface area (TPSA) is 28.7 Å². The Morgan fingerprint density at radius 1 is 1.17 bits per heavy atom. The molecule has 0 unspecified atom stereocenters. The molecular weight excluding hydrogens is 227 g/mol. The van der Waals surface area contributed by atoms with Gasteiger partial charge in [0.25, 0.3) is 0 Å². The van der Waals surface area contributed by atoms with Gasteiger partial charge in [0.05, 0.1) is 5.52 Å². The minimum atomic E-state index is -0.278. The van der Waals surface area contributed by atoms with E-state index in [0.29, 0.717) is 11.9 Å². The normalized spacial score (nSPS) is 11.0. The predicted molar refractivity (Wildman–Crippen MR) is 70.0 cm³/mol. The molecule has 0 aliphatic rings. The van der Waals surface area contributed by atoms with Crippen LogP contribution in [0.4, 0.5) is 4.39 Å². The van der Waals surface area contributed by atoms with E-state index in [2.05, 4.69) is 35.1 Å². The summed E-state index contributed by atoms with van der Waals surface area (Å²) in [7, 11) is 0.